The number of carbonyl (C=O) groups excluding carboxylic acids is 2. The second-order valence-electron chi connectivity index (χ2n) is 11.5. The lowest BCUT2D eigenvalue weighted by atomic mass is 10.0. The smallest absolute Gasteiger partial charge is 0.326 e. The van der Waals surface area contributed by atoms with Crippen LogP contribution in [0.15, 0.2) is 109 Å². The Morgan fingerprint density at radius 3 is 1.90 bits per heavy atom. The Morgan fingerprint density at radius 1 is 0.760 bits per heavy atom. The number of carboxylic acids is 1. The predicted octanol–water partition coefficient (Wildman–Crippen LogP) is 9.28. The highest BCUT2D eigenvalue weighted by Crippen LogP contribution is 2.28. The molecule has 1 atom stereocenters. The minimum absolute atomic E-state index is 0.0228. The molecule has 2 rings (SSSR count). The number of rotatable bonds is 23. The van der Waals surface area contributed by atoms with Crippen molar-refractivity contribution in [3.05, 3.63) is 127 Å². The number of hydrogen-bond donors (Lipinski definition) is 4. The predicted molar refractivity (Wildman–Crippen MR) is 197 cm³/mol. The van der Waals surface area contributed by atoms with Gasteiger partial charge in [0.1, 0.15) is 23.4 Å². The first kappa shape index (κ1) is 41.1. The number of hydrogen-bond acceptors (Lipinski definition) is 4. The van der Waals surface area contributed by atoms with Crippen molar-refractivity contribution in [1.82, 2.24) is 10.6 Å². The number of unbranched alkanes of at least 4 members (excludes halogenated alkanes) is 1. The number of aromatic hydroxyl groups is 1. The van der Waals surface area contributed by atoms with E-state index in [0.717, 1.165) is 44.6 Å². The number of amides is 2. The van der Waals surface area contributed by atoms with Gasteiger partial charge in [0.15, 0.2) is 0 Å². The highest BCUT2D eigenvalue weighted by molar-refractivity contribution is 6.00. The maximum atomic E-state index is 14.2. The Kier molecular flexibility index (Phi) is 20.6. The zero-order valence-corrected chi connectivity index (χ0v) is 28.8. The summed E-state index contributed by atoms with van der Waals surface area (Å²) in [6.45, 7) is 2.50. The molecular weight excluding hydrogens is 638 g/mol. The first-order chi connectivity index (χ1) is 24.2. The van der Waals surface area contributed by atoms with Crippen LogP contribution in [0, 0.1) is 11.6 Å². The summed E-state index contributed by atoms with van der Waals surface area (Å²) in [6, 6.07) is 5.52. The summed E-state index contributed by atoms with van der Waals surface area (Å²) in [5, 5.41) is 25.0. The van der Waals surface area contributed by atoms with Gasteiger partial charge in [-0.2, -0.15) is 0 Å². The molecular formula is C41H50F2N2O5. The molecule has 0 fully saturated rings. The highest BCUT2D eigenvalue weighted by atomic mass is 19.1. The maximum Gasteiger partial charge on any atom is 0.326 e. The van der Waals surface area contributed by atoms with Crippen LogP contribution in [-0.4, -0.2) is 40.6 Å². The van der Waals surface area contributed by atoms with Crippen LogP contribution in [-0.2, 0) is 9.59 Å². The van der Waals surface area contributed by atoms with E-state index < -0.39 is 35.3 Å². The third kappa shape index (κ3) is 17.4. The van der Waals surface area contributed by atoms with E-state index in [9.17, 15) is 33.4 Å². The second kappa shape index (κ2) is 25.0. The number of halogens is 2. The van der Waals surface area contributed by atoms with E-state index >= 15 is 0 Å². The Bertz CT molecular complexity index is 1540. The first-order valence-electron chi connectivity index (χ1n) is 17.2. The van der Waals surface area contributed by atoms with E-state index in [4.69, 9.17) is 0 Å². The standard InChI is InChI=1S/C41H50F2N2O5/c1-2-3-4-5-6-7-8-9-10-11-12-13-14-15-16-17-18-19-20-24-39(47)44-29-22-21-23-37(41(49)50)45-40(48)35-30-32(25-28-38(35)46)34-27-26-33(42)31-36(34)43/h3-4,6-7,9-10,12-13,15-16,18-19,25-28,30-31,37,46H,2,5,8,11,14,17,20-24,29H2,1H3,(H,44,47)(H,45,48)(H,49,50)/b4-3-,7-6-,10-9-,13-12-,16-15-,19-18-. The van der Waals surface area contributed by atoms with E-state index in [2.05, 4.69) is 78.3 Å². The lowest BCUT2D eigenvalue weighted by Crippen LogP contribution is -2.40. The molecule has 0 radical (unpaired) electrons. The molecule has 0 aliphatic rings. The summed E-state index contributed by atoms with van der Waals surface area (Å²) in [6.07, 6.45) is 33.2. The molecule has 268 valence electrons. The largest absolute Gasteiger partial charge is 0.507 e. The topological polar surface area (TPSA) is 116 Å². The van der Waals surface area contributed by atoms with Crippen molar-refractivity contribution >= 4 is 17.8 Å². The molecule has 0 aromatic heterocycles. The number of phenolic OH excluding ortho intramolecular Hbond substituents is 1. The summed E-state index contributed by atoms with van der Waals surface area (Å²) >= 11 is 0. The monoisotopic (exact) mass is 688 g/mol. The van der Waals surface area contributed by atoms with Crippen LogP contribution >= 0.6 is 0 Å². The summed E-state index contributed by atoms with van der Waals surface area (Å²) in [7, 11) is 0. The minimum atomic E-state index is -1.25. The van der Waals surface area contributed by atoms with Crippen LogP contribution in [0.25, 0.3) is 11.1 Å². The normalized spacial score (nSPS) is 12.7. The summed E-state index contributed by atoms with van der Waals surface area (Å²) in [5.41, 5.74) is 0.000157. The lowest BCUT2D eigenvalue weighted by molar-refractivity contribution is -0.139. The number of carbonyl (C=O) groups is 3. The fraction of sp³-hybridized carbons (Fsp3) is 0.341. The van der Waals surface area contributed by atoms with Gasteiger partial charge >= 0.3 is 5.97 Å². The van der Waals surface area contributed by atoms with Gasteiger partial charge in [0, 0.05) is 24.6 Å². The van der Waals surface area contributed by atoms with Gasteiger partial charge in [0.05, 0.1) is 5.56 Å². The molecule has 2 aromatic rings. The van der Waals surface area contributed by atoms with Crippen molar-refractivity contribution in [2.75, 3.05) is 6.54 Å². The minimum Gasteiger partial charge on any atom is -0.507 e. The molecule has 0 aliphatic heterocycles. The molecule has 0 spiro atoms. The van der Waals surface area contributed by atoms with Crippen LogP contribution in [0.3, 0.4) is 0 Å². The van der Waals surface area contributed by atoms with Gasteiger partial charge in [-0.05, 0) is 94.0 Å². The van der Waals surface area contributed by atoms with Gasteiger partial charge < -0.3 is 20.8 Å². The van der Waals surface area contributed by atoms with Gasteiger partial charge in [0.2, 0.25) is 5.91 Å². The number of phenols is 1. The van der Waals surface area contributed by atoms with Gasteiger partial charge in [-0.3, -0.25) is 9.59 Å². The van der Waals surface area contributed by atoms with Gasteiger partial charge in [-0.1, -0.05) is 85.9 Å². The van der Waals surface area contributed by atoms with E-state index in [1.165, 1.54) is 24.3 Å². The van der Waals surface area contributed by atoms with Crippen molar-refractivity contribution < 1.29 is 33.4 Å². The second-order valence-corrected chi connectivity index (χ2v) is 11.5. The number of aliphatic carboxylic acids is 1. The van der Waals surface area contributed by atoms with Crippen LogP contribution in [0.4, 0.5) is 8.78 Å². The third-order valence-electron chi connectivity index (χ3n) is 7.46. The van der Waals surface area contributed by atoms with Crippen molar-refractivity contribution in [2.24, 2.45) is 0 Å². The molecule has 0 aliphatic carbocycles. The number of carboxylic acid groups (broad SMARTS) is 1. The van der Waals surface area contributed by atoms with Gasteiger partial charge in [0.25, 0.3) is 5.91 Å². The zero-order valence-electron chi connectivity index (χ0n) is 28.8. The average molecular weight is 689 g/mol. The van der Waals surface area contributed by atoms with Gasteiger partial charge in [-0.15, -0.1) is 0 Å². The fourth-order valence-corrected chi connectivity index (χ4v) is 4.75. The quantitative estimate of drug-likeness (QED) is 0.0686. The highest BCUT2D eigenvalue weighted by Gasteiger charge is 2.22. The number of benzene rings is 2. The van der Waals surface area contributed by atoms with Crippen molar-refractivity contribution in [3.63, 3.8) is 0 Å². The zero-order chi connectivity index (χ0) is 36.4. The molecule has 9 heteroatoms. The summed E-state index contributed by atoms with van der Waals surface area (Å²) in [5.74, 6) is -4.20. The van der Waals surface area contributed by atoms with Crippen LogP contribution < -0.4 is 10.6 Å². The first-order valence-corrected chi connectivity index (χ1v) is 17.2. The molecule has 2 aromatic carbocycles. The molecule has 4 N–H and O–H groups in total. The molecule has 0 bridgehead atoms. The Hall–Kier alpha value is -5.05. The van der Waals surface area contributed by atoms with E-state index in [0.29, 0.717) is 38.3 Å². The van der Waals surface area contributed by atoms with Crippen molar-refractivity contribution in [2.45, 2.75) is 83.6 Å². The molecule has 50 heavy (non-hydrogen) atoms. The number of nitrogens with one attached hydrogen (secondary N) is 2. The maximum absolute atomic E-state index is 14.2. The number of allylic oxidation sites excluding steroid dienone is 12. The lowest BCUT2D eigenvalue weighted by Gasteiger charge is -2.16. The Balaban J connectivity index is 1.60. The van der Waals surface area contributed by atoms with E-state index in [1.54, 1.807) is 0 Å². The molecule has 0 saturated carbocycles. The molecule has 7 nitrogen and oxygen atoms in total. The Morgan fingerprint density at radius 2 is 1.34 bits per heavy atom. The Labute approximate surface area is 294 Å². The average Bonchev–Trinajstić information content (AvgIpc) is 3.08. The van der Waals surface area contributed by atoms with Crippen molar-refractivity contribution in [1.29, 1.82) is 0 Å². The van der Waals surface area contributed by atoms with E-state index in [-0.39, 0.29) is 29.0 Å². The summed E-state index contributed by atoms with van der Waals surface area (Å²) < 4.78 is 27.5. The van der Waals surface area contributed by atoms with Gasteiger partial charge in [-0.25, -0.2) is 13.6 Å². The molecule has 2 amide bonds. The van der Waals surface area contributed by atoms with Crippen molar-refractivity contribution in [3.8, 4) is 16.9 Å². The van der Waals surface area contributed by atoms with Crippen LogP contribution in [0.5, 0.6) is 5.75 Å². The summed E-state index contributed by atoms with van der Waals surface area (Å²) in [4.78, 5) is 36.8. The molecule has 0 heterocycles. The third-order valence-corrected chi connectivity index (χ3v) is 7.46. The SMILES string of the molecule is CC/C=C\C/C=C\C/C=C\C/C=C\C/C=C\C/C=C\CCC(=O)NCCCCC(NC(=O)c1cc(-c2ccc(F)cc2F)ccc1O)C(=O)O. The molecule has 1 unspecified atom stereocenters. The fourth-order valence-electron chi connectivity index (χ4n) is 4.75. The van der Waals surface area contributed by atoms with Crippen LogP contribution in [0.1, 0.15) is 87.9 Å². The van der Waals surface area contributed by atoms with E-state index in [1.807, 2.05) is 12.2 Å². The molecule has 0 saturated heterocycles. The van der Waals surface area contributed by atoms with Crippen LogP contribution in [0.2, 0.25) is 0 Å².